The molecule has 31 heavy (non-hydrogen) atoms. The maximum absolute atomic E-state index is 12.6. The van der Waals surface area contributed by atoms with Gasteiger partial charge in [0.25, 0.3) is 5.91 Å². The molecule has 2 aromatic heterocycles. The Balaban J connectivity index is 1.44. The van der Waals surface area contributed by atoms with Crippen LogP contribution in [0, 0.1) is 0 Å². The molecular weight excluding hydrogens is 408 g/mol. The number of carbonyl (C=O) groups is 1. The Bertz CT molecular complexity index is 1130. The van der Waals surface area contributed by atoms with Crippen molar-refractivity contribution in [1.29, 1.82) is 0 Å². The Kier molecular flexibility index (Phi) is 6.45. The highest BCUT2D eigenvalue weighted by Crippen LogP contribution is 2.32. The molecule has 4 rings (SSSR count). The number of benzene rings is 2. The van der Waals surface area contributed by atoms with Crippen LogP contribution in [0.15, 0.2) is 78.4 Å². The van der Waals surface area contributed by atoms with Gasteiger partial charge in [0.1, 0.15) is 12.4 Å². The van der Waals surface area contributed by atoms with Gasteiger partial charge in [-0.2, -0.15) is 0 Å². The molecule has 1 amide bonds. The SMILES string of the molecule is CN(C)CCOc1ccccc1-c1csc(NC(=O)c2ccc(-n3cccc3)cc2)n1. The highest BCUT2D eigenvalue weighted by Gasteiger charge is 2.13. The lowest BCUT2D eigenvalue weighted by Crippen LogP contribution is -2.19. The first-order chi connectivity index (χ1) is 15.1. The second-order valence-corrected chi connectivity index (χ2v) is 8.14. The Morgan fingerprint density at radius 3 is 2.55 bits per heavy atom. The largest absolute Gasteiger partial charge is 0.492 e. The average Bonchev–Trinajstić information content (AvgIpc) is 3.46. The van der Waals surface area contributed by atoms with Crippen LogP contribution in [0.4, 0.5) is 5.13 Å². The van der Waals surface area contributed by atoms with Gasteiger partial charge in [-0.15, -0.1) is 11.3 Å². The molecule has 0 atom stereocenters. The van der Waals surface area contributed by atoms with Crippen LogP contribution >= 0.6 is 11.3 Å². The standard InChI is InChI=1S/C24H24N4O2S/c1-27(2)15-16-30-22-8-4-3-7-20(22)21-17-31-24(25-21)26-23(29)18-9-11-19(12-10-18)28-13-5-6-14-28/h3-14,17H,15-16H2,1-2H3,(H,25,26,29). The zero-order chi connectivity index (χ0) is 21.6. The van der Waals surface area contributed by atoms with Crippen LogP contribution in [0.5, 0.6) is 5.75 Å². The number of anilines is 1. The molecule has 6 nitrogen and oxygen atoms in total. The Labute approximate surface area is 185 Å². The highest BCUT2D eigenvalue weighted by molar-refractivity contribution is 7.14. The molecule has 158 valence electrons. The smallest absolute Gasteiger partial charge is 0.257 e. The van der Waals surface area contributed by atoms with Crippen molar-refractivity contribution in [3.05, 3.63) is 84.0 Å². The van der Waals surface area contributed by atoms with E-state index in [9.17, 15) is 4.79 Å². The van der Waals surface area contributed by atoms with Gasteiger partial charge in [0, 0.05) is 41.1 Å². The third kappa shape index (κ3) is 5.20. The molecule has 0 radical (unpaired) electrons. The van der Waals surface area contributed by atoms with Gasteiger partial charge in [0.2, 0.25) is 0 Å². The number of hydrogen-bond donors (Lipinski definition) is 1. The van der Waals surface area contributed by atoms with Crippen LogP contribution in [0.25, 0.3) is 16.9 Å². The van der Waals surface area contributed by atoms with Crippen LogP contribution < -0.4 is 10.1 Å². The van der Waals surface area contributed by atoms with E-state index in [1.807, 2.05) is 97.1 Å². The number of nitrogens with zero attached hydrogens (tertiary/aromatic N) is 3. The number of carbonyl (C=O) groups excluding carboxylic acids is 1. The summed E-state index contributed by atoms with van der Waals surface area (Å²) in [6.45, 7) is 1.42. The van der Waals surface area contributed by atoms with Crippen LogP contribution in [0.3, 0.4) is 0 Å². The zero-order valence-corrected chi connectivity index (χ0v) is 18.3. The molecule has 2 heterocycles. The molecule has 0 aliphatic rings. The summed E-state index contributed by atoms with van der Waals surface area (Å²) in [6.07, 6.45) is 3.93. The van der Waals surface area contributed by atoms with Crippen molar-refractivity contribution in [3.63, 3.8) is 0 Å². The summed E-state index contributed by atoms with van der Waals surface area (Å²) in [7, 11) is 4.03. The van der Waals surface area contributed by atoms with Gasteiger partial charge in [-0.3, -0.25) is 10.1 Å². The van der Waals surface area contributed by atoms with E-state index in [1.54, 1.807) is 0 Å². The van der Waals surface area contributed by atoms with Crippen molar-refractivity contribution in [1.82, 2.24) is 14.5 Å². The molecule has 0 bridgehead atoms. The fraction of sp³-hybridized carbons (Fsp3) is 0.167. The van der Waals surface area contributed by atoms with Crippen LogP contribution in [0.1, 0.15) is 10.4 Å². The summed E-state index contributed by atoms with van der Waals surface area (Å²) in [5.74, 6) is 0.601. The third-order valence-electron chi connectivity index (χ3n) is 4.72. The van der Waals surface area contributed by atoms with Gasteiger partial charge < -0.3 is 14.2 Å². The molecule has 4 aromatic rings. The first-order valence-corrected chi connectivity index (χ1v) is 10.9. The Morgan fingerprint density at radius 1 is 1.06 bits per heavy atom. The molecule has 0 aliphatic carbocycles. The molecule has 0 saturated carbocycles. The second-order valence-electron chi connectivity index (χ2n) is 7.28. The third-order valence-corrected chi connectivity index (χ3v) is 5.47. The number of para-hydroxylation sites is 1. The number of likely N-dealkylation sites (N-methyl/N-ethyl adjacent to an activating group) is 1. The molecule has 0 saturated heterocycles. The van der Waals surface area contributed by atoms with Crippen LogP contribution in [-0.2, 0) is 0 Å². The number of amides is 1. The molecule has 0 unspecified atom stereocenters. The summed E-state index contributed by atoms with van der Waals surface area (Å²) >= 11 is 1.40. The molecule has 0 spiro atoms. The Morgan fingerprint density at radius 2 is 1.81 bits per heavy atom. The van der Waals surface area contributed by atoms with Gasteiger partial charge in [-0.1, -0.05) is 12.1 Å². The lowest BCUT2D eigenvalue weighted by atomic mass is 10.1. The zero-order valence-electron chi connectivity index (χ0n) is 17.5. The fourth-order valence-electron chi connectivity index (χ4n) is 3.06. The monoisotopic (exact) mass is 432 g/mol. The van der Waals surface area contributed by atoms with Crippen molar-refractivity contribution < 1.29 is 9.53 Å². The maximum atomic E-state index is 12.6. The lowest BCUT2D eigenvalue weighted by Gasteiger charge is -2.13. The summed E-state index contributed by atoms with van der Waals surface area (Å²) in [5.41, 5.74) is 3.28. The van der Waals surface area contributed by atoms with Crippen molar-refractivity contribution in [3.8, 4) is 22.7 Å². The number of hydrogen-bond acceptors (Lipinski definition) is 5. The van der Waals surface area contributed by atoms with Crippen molar-refractivity contribution in [2.45, 2.75) is 0 Å². The van der Waals surface area contributed by atoms with E-state index < -0.39 is 0 Å². The minimum atomic E-state index is -0.185. The molecule has 2 aromatic carbocycles. The second kappa shape index (κ2) is 9.59. The number of ether oxygens (including phenoxy) is 1. The Hall–Kier alpha value is -3.42. The van der Waals surface area contributed by atoms with Crippen LogP contribution in [0.2, 0.25) is 0 Å². The quantitative estimate of drug-likeness (QED) is 0.435. The normalized spacial score (nSPS) is 10.9. The summed E-state index contributed by atoms with van der Waals surface area (Å²) in [6, 6.07) is 19.2. The molecule has 1 N–H and O–H groups in total. The van der Waals surface area contributed by atoms with E-state index in [4.69, 9.17) is 4.74 Å². The molecular formula is C24H24N4O2S. The topological polar surface area (TPSA) is 59.4 Å². The summed E-state index contributed by atoms with van der Waals surface area (Å²) < 4.78 is 7.93. The van der Waals surface area contributed by atoms with Crippen molar-refractivity contribution in [2.75, 3.05) is 32.6 Å². The predicted molar refractivity (Wildman–Crippen MR) is 125 cm³/mol. The maximum Gasteiger partial charge on any atom is 0.257 e. The lowest BCUT2D eigenvalue weighted by molar-refractivity contribution is 0.102. The van der Waals surface area contributed by atoms with Gasteiger partial charge >= 0.3 is 0 Å². The van der Waals surface area contributed by atoms with E-state index in [1.165, 1.54) is 11.3 Å². The number of nitrogens with one attached hydrogen (secondary N) is 1. The number of rotatable bonds is 8. The van der Waals surface area contributed by atoms with E-state index in [-0.39, 0.29) is 5.91 Å². The predicted octanol–water partition coefficient (Wildman–Crippen LogP) is 4.79. The first-order valence-electron chi connectivity index (χ1n) is 9.97. The fourth-order valence-corrected chi connectivity index (χ4v) is 3.76. The molecule has 7 heteroatoms. The summed E-state index contributed by atoms with van der Waals surface area (Å²) in [4.78, 5) is 19.3. The van der Waals surface area contributed by atoms with E-state index in [0.29, 0.717) is 17.3 Å². The van der Waals surface area contributed by atoms with Gasteiger partial charge in [0.05, 0.1) is 5.69 Å². The molecule has 0 aliphatic heterocycles. The van der Waals surface area contributed by atoms with Gasteiger partial charge in [0.15, 0.2) is 5.13 Å². The van der Waals surface area contributed by atoms with Crippen LogP contribution in [-0.4, -0.2) is 47.6 Å². The van der Waals surface area contributed by atoms with Gasteiger partial charge in [-0.25, -0.2) is 4.98 Å². The van der Waals surface area contributed by atoms with E-state index >= 15 is 0 Å². The van der Waals surface area contributed by atoms with E-state index in [0.717, 1.165) is 29.2 Å². The van der Waals surface area contributed by atoms with Crippen molar-refractivity contribution >= 4 is 22.4 Å². The van der Waals surface area contributed by atoms with E-state index in [2.05, 4.69) is 15.2 Å². The number of thiazole rings is 1. The first kappa shape index (κ1) is 20.8. The van der Waals surface area contributed by atoms with Gasteiger partial charge in [-0.05, 0) is 62.6 Å². The highest BCUT2D eigenvalue weighted by atomic mass is 32.1. The minimum absolute atomic E-state index is 0.185. The average molecular weight is 433 g/mol. The number of aromatic nitrogens is 2. The minimum Gasteiger partial charge on any atom is -0.492 e. The van der Waals surface area contributed by atoms with Crippen molar-refractivity contribution in [2.24, 2.45) is 0 Å². The molecule has 0 fully saturated rings. The summed E-state index contributed by atoms with van der Waals surface area (Å²) in [5, 5.41) is 5.38.